The largest absolute Gasteiger partial charge is 0.494 e. The first-order chi connectivity index (χ1) is 16.2. The van der Waals surface area contributed by atoms with Gasteiger partial charge >= 0.3 is 6.18 Å². The normalized spacial score (nSPS) is 12.2. The van der Waals surface area contributed by atoms with Gasteiger partial charge in [-0.3, -0.25) is 0 Å². The molecule has 0 fully saturated rings. The van der Waals surface area contributed by atoms with Crippen LogP contribution in [-0.4, -0.2) is 38.8 Å². The lowest BCUT2D eigenvalue weighted by molar-refractivity contribution is -0.0608. The van der Waals surface area contributed by atoms with Crippen LogP contribution in [0.1, 0.15) is 42.0 Å². The molecule has 0 unspecified atom stereocenters. The molecule has 34 heavy (non-hydrogen) atoms. The molecule has 5 nitrogen and oxygen atoms in total. The molecular weight excluding hydrogens is 447 g/mol. The number of oxime groups is 1. The molecule has 0 aliphatic rings. The van der Waals surface area contributed by atoms with Gasteiger partial charge in [-0.1, -0.05) is 17.3 Å². The van der Waals surface area contributed by atoms with E-state index in [1.165, 1.54) is 12.1 Å². The first-order valence-corrected chi connectivity index (χ1v) is 11.1. The Morgan fingerprint density at radius 3 is 2.06 bits per heavy atom. The van der Waals surface area contributed by atoms with E-state index in [1.807, 2.05) is 45.1 Å². The van der Waals surface area contributed by atoms with Crippen LogP contribution in [0.4, 0.5) is 13.2 Å². The Bertz CT molecular complexity index is 977. The minimum atomic E-state index is -4.61. The average Bonchev–Trinajstić information content (AvgIpc) is 2.76. The maximum Gasteiger partial charge on any atom is 0.437 e. The SMILES string of the molecule is C/C=C/COc1cc(C)c(OCCCCOc2ccc(/C(=N/OC)C(F)(F)F)c(C)c2)c(C)c1. The van der Waals surface area contributed by atoms with Crippen molar-refractivity contribution in [3.8, 4) is 17.2 Å². The number of ether oxygens (including phenoxy) is 3. The third-order valence-electron chi connectivity index (χ3n) is 4.97. The molecule has 0 aliphatic heterocycles. The van der Waals surface area contributed by atoms with E-state index in [4.69, 9.17) is 14.2 Å². The second-order valence-electron chi connectivity index (χ2n) is 7.77. The molecule has 0 saturated heterocycles. The van der Waals surface area contributed by atoms with Gasteiger partial charge in [-0.2, -0.15) is 13.2 Å². The Morgan fingerprint density at radius 2 is 1.50 bits per heavy atom. The molecule has 0 spiro atoms. The van der Waals surface area contributed by atoms with E-state index in [-0.39, 0.29) is 5.56 Å². The van der Waals surface area contributed by atoms with E-state index in [1.54, 1.807) is 13.0 Å². The molecule has 0 heterocycles. The van der Waals surface area contributed by atoms with Crippen molar-refractivity contribution >= 4 is 5.71 Å². The van der Waals surface area contributed by atoms with Gasteiger partial charge in [-0.25, -0.2) is 0 Å². The predicted octanol–water partition coefficient (Wildman–Crippen LogP) is 6.72. The van der Waals surface area contributed by atoms with Gasteiger partial charge in [-0.05, 0) is 87.6 Å². The van der Waals surface area contributed by atoms with Crippen molar-refractivity contribution in [1.82, 2.24) is 0 Å². The maximum atomic E-state index is 13.2. The number of aryl methyl sites for hydroxylation is 3. The van der Waals surface area contributed by atoms with Gasteiger partial charge in [0.2, 0.25) is 0 Å². The molecular formula is C26H32F3NO4. The van der Waals surface area contributed by atoms with E-state index in [2.05, 4.69) is 9.99 Å². The predicted molar refractivity (Wildman–Crippen MR) is 127 cm³/mol. The zero-order chi connectivity index (χ0) is 25.1. The van der Waals surface area contributed by atoms with Crippen LogP contribution in [0.2, 0.25) is 0 Å². The summed E-state index contributed by atoms with van der Waals surface area (Å²) < 4.78 is 56.9. The Balaban J connectivity index is 1.82. The van der Waals surface area contributed by atoms with Gasteiger partial charge in [0, 0.05) is 5.56 Å². The van der Waals surface area contributed by atoms with E-state index in [9.17, 15) is 13.2 Å². The Morgan fingerprint density at radius 1 is 0.882 bits per heavy atom. The number of alkyl halides is 3. The molecule has 8 heteroatoms. The summed E-state index contributed by atoms with van der Waals surface area (Å²) in [6, 6.07) is 8.33. The fourth-order valence-electron chi connectivity index (χ4n) is 3.37. The molecule has 0 amide bonds. The number of halogens is 3. The zero-order valence-corrected chi connectivity index (χ0v) is 20.3. The third kappa shape index (κ3) is 8.01. The van der Waals surface area contributed by atoms with E-state index >= 15 is 0 Å². The van der Waals surface area contributed by atoms with E-state index in [0.717, 1.165) is 42.6 Å². The summed E-state index contributed by atoms with van der Waals surface area (Å²) in [5.74, 6) is 2.16. The highest BCUT2D eigenvalue weighted by Gasteiger charge is 2.38. The van der Waals surface area contributed by atoms with E-state index < -0.39 is 11.9 Å². The van der Waals surface area contributed by atoms with Crippen molar-refractivity contribution in [3.05, 3.63) is 64.7 Å². The molecule has 0 aromatic heterocycles. The molecule has 0 atom stereocenters. The minimum absolute atomic E-state index is 0.0425. The quantitative estimate of drug-likeness (QED) is 0.147. The van der Waals surface area contributed by atoms with Crippen molar-refractivity contribution in [2.24, 2.45) is 5.16 Å². The maximum absolute atomic E-state index is 13.2. The fraction of sp³-hybridized carbons (Fsp3) is 0.423. The summed E-state index contributed by atoms with van der Waals surface area (Å²) in [4.78, 5) is 4.36. The van der Waals surface area contributed by atoms with Crippen LogP contribution < -0.4 is 14.2 Å². The first kappa shape index (κ1) is 27.1. The lowest BCUT2D eigenvalue weighted by Gasteiger charge is -2.15. The number of unbranched alkanes of at least 4 members (excludes halogenated alkanes) is 1. The smallest absolute Gasteiger partial charge is 0.437 e. The average molecular weight is 480 g/mol. The van der Waals surface area contributed by atoms with Crippen molar-refractivity contribution in [3.63, 3.8) is 0 Å². The van der Waals surface area contributed by atoms with Crippen LogP contribution in [0.15, 0.2) is 47.6 Å². The molecule has 0 aliphatic carbocycles. The first-order valence-electron chi connectivity index (χ1n) is 11.1. The molecule has 186 valence electrons. The van der Waals surface area contributed by atoms with Gasteiger partial charge in [-0.15, -0.1) is 0 Å². The Kier molecular flexibility index (Phi) is 10.3. The van der Waals surface area contributed by atoms with Crippen molar-refractivity contribution in [1.29, 1.82) is 0 Å². The van der Waals surface area contributed by atoms with Crippen LogP contribution in [0.5, 0.6) is 17.2 Å². The molecule has 2 aromatic rings. The number of hydrogen-bond acceptors (Lipinski definition) is 5. The van der Waals surface area contributed by atoms with Gasteiger partial charge in [0.25, 0.3) is 0 Å². The molecule has 2 aromatic carbocycles. The Hall–Kier alpha value is -3.16. The van der Waals surface area contributed by atoms with Gasteiger partial charge in [0.05, 0.1) is 13.2 Å². The highest BCUT2D eigenvalue weighted by atomic mass is 19.4. The van der Waals surface area contributed by atoms with Crippen molar-refractivity contribution in [2.75, 3.05) is 26.9 Å². The monoisotopic (exact) mass is 479 g/mol. The lowest BCUT2D eigenvalue weighted by Crippen LogP contribution is -2.25. The zero-order valence-electron chi connectivity index (χ0n) is 20.3. The summed E-state index contributed by atoms with van der Waals surface area (Å²) in [7, 11) is 1.08. The number of benzene rings is 2. The highest BCUT2D eigenvalue weighted by molar-refractivity contribution is 6.05. The number of hydrogen-bond donors (Lipinski definition) is 0. The van der Waals surface area contributed by atoms with Crippen molar-refractivity contribution < 1.29 is 32.2 Å². The molecule has 0 radical (unpaired) electrons. The molecule has 0 bridgehead atoms. The molecule has 2 rings (SSSR count). The standard InChI is InChI=1S/C26H32F3NO4/c1-6-7-12-33-22-16-19(3)24(20(4)17-22)34-14-9-8-13-32-21-10-11-23(18(2)15-21)25(30-31-5)26(27,28)29/h6-7,10-11,15-17H,8-9,12-14H2,1-5H3/b7-6+,30-25-. The highest BCUT2D eigenvalue weighted by Crippen LogP contribution is 2.29. The fourth-order valence-corrected chi connectivity index (χ4v) is 3.37. The van der Waals surface area contributed by atoms with E-state index in [0.29, 0.717) is 31.1 Å². The lowest BCUT2D eigenvalue weighted by atomic mass is 10.0. The summed E-state index contributed by atoms with van der Waals surface area (Å²) >= 11 is 0. The van der Waals surface area contributed by atoms with Crippen molar-refractivity contribution in [2.45, 2.75) is 46.7 Å². The summed E-state index contributed by atoms with van der Waals surface area (Å²) in [5, 5.41) is 3.14. The van der Waals surface area contributed by atoms with Gasteiger partial charge in [0.15, 0.2) is 5.71 Å². The third-order valence-corrected chi connectivity index (χ3v) is 4.97. The number of nitrogens with zero attached hydrogens (tertiary/aromatic N) is 1. The number of allylic oxidation sites excluding steroid dienone is 1. The second kappa shape index (κ2) is 12.9. The Labute approximate surface area is 199 Å². The van der Waals surface area contributed by atoms with Crippen LogP contribution >= 0.6 is 0 Å². The molecule has 0 N–H and O–H groups in total. The minimum Gasteiger partial charge on any atom is -0.494 e. The van der Waals surface area contributed by atoms with Crippen LogP contribution in [-0.2, 0) is 4.84 Å². The molecule has 0 saturated carbocycles. The second-order valence-corrected chi connectivity index (χ2v) is 7.77. The van der Waals surface area contributed by atoms with Crippen LogP contribution in [0, 0.1) is 20.8 Å². The van der Waals surface area contributed by atoms with Gasteiger partial charge < -0.3 is 19.0 Å². The summed E-state index contributed by atoms with van der Waals surface area (Å²) in [6.45, 7) is 8.99. The summed E-state index contributed by atoms with van der Waals surface area (Å²) in [5.41, 5.74) is 1.31. The van der Waals surface area contributed by atoms with Crippen LogP contribution in [0.3, 0.4) is 0 Å². The van der Waals surface area contributed by atoms with Gasteiger partial charge in [0.1, 0.15) is 31.0 Å². The summed E-state index contributed by atoms with van der Waals surface area (Å²) in [6.07, 6.45) is 0.789. The van der Waals surface area contributed by atoms with Crippen LogP contribution in [0.25, 0.3) is 0 Å². The number of rotatable bonds is 12. The topological polar surface area (TPSA) is 49.3 Å².